The Bertz CT molecular complexity index is 516. The normalized spacial score (nSPS) is 11.3. The van der Waals surface area contributed by atoms with E-state index in [0.717, 1.165) is 0 Å². The first kappa shape index (κ1) is 14.1. The molecule has 97 valence electrons. The van der Waals surface area contributed by atoms with Crippen LogP contribution in [0.4, 0.5) is 0 Å². The zero-order chi connectivity index (χ0) is 13.9. The third-order valence-corrected chi connectivity index (χ3v) is 3.46. The third-order valence-electron chi connectivity index (χ3n) is 2.95. The van der Waals surface area contributed by atoms with Gasteiger partial charge in [0, 0.05) is 17.2 Å². The Kier molecular flexibility index (Phi) is 4.25. The number of hydrogen-bond acceptors (Lipinski definition) is 2. The minimum atomic E-state index is -1.27. The summed E-state index contributed by atoms with van der Waals surface area (Å²) in [6.45, 7) is 0. The van der Waals surface area contributed by atoms with Crippen molar-refractivity contribution in [1.82, 2.24) is 0 Å². The molecule has 2 rings (SSSR count). The number of halogens is 2. The maximum absolute atomic E-state index is 11.5. The molecule has 0 aliphatic heterocycles. The molecule has 2 aromatic carbocycles. The van der Waals surface area contributed by atoms with Gasteiger partial charge in [-0.1, -0.05) is 47.5 Å². The standard InChI is InChI=1S/C15H11Cl2O2/c1-19-15(10-18,11-2-6-13(16)7-3-11)12-4-8-14(17)9-5-12/h2-9H,1H3. The van der Waals surface area contributed by atoms with Crippen LogP contribution in [0.15, 0.2) is 48.5 Å². The van der Waals surface area contributed by atoms with Crippen molar-refractivity contribution in [3.8, 4) is 0 Å². The molecule has 0 fully saturated rings. The maximum atomic E-state index is 11.5. The predicted octanol–water partition coefficient (Wildman–Crippen LogP) is 3.99. The van der Waals surface area contributed by atoms with Gasteiger partial charge in [0.15, 0.2) is 5.60 Å². The first-order chi connectivity index (χ1) is 9.12. The summed E-state index contributed by atoms with van der Waals surface area (Å²) in [5.41, 5.74) is 0.0586. The molecule has 1 radical (unpaired) electrons. The average molecular weight is 294 g/mol. The molecule has 0 aliphatic carbocycles. The summed E-state index contributed by atoms with van der Waals surface area (Å²) in [7, 11) is 1.47. The van der Waals surface area contributed by atoms with Crippen LogP contribution in [0.5, 0.6) is 0 Å². The number of benzene rings is 2. The van der Waals surface area contributed by atoms with E-state index in [1.54, 1.807) is 48.5 Å². The Morgan fingerprint density at radius 3 is 1.53 bits per heavy atom. The van der Waals surface area contributed by atoms with Crippen molar-refractivity contribution in [2.75, 3.05) is 7.11 Å². The summed E-state index contributed by atoms with van der Waals surface area (Å²) in [4.78, 5) is 11.5. The van der Waals surface area contributed by atoms with Crippen LogP contribution in [0.2, 0.25) is 10.0 Å². The summed E-state index contributed by atoms with van der Waals surface area (Å²) in [6.07, 6.45) is 1.98. The van der Waals surface area contributed by atoms with Crippen LogP contribution in [0, 0.1) is 0 Å². The maximum Gasteiger partial charge on any atom is 0.243 e. The molecule has 4 heteroatoms. The van der Waals surface area contributed by atoms with Gasteiger partial charge in [-0.05, 0) is 35.4 Å². The second-order valence-electron chi connectivity index (χ2n) is 4.00. The Morgan fingerprint density at radius 1 is 0.895 bits per heavy atom. The van der Waals surface area contributed by atoms with E-state index in [0.29, 0.717) is 21.2 Å². The average Bonchev–Trinajstić information content (AvgIpc) is 2.44. The van der Waals surface area contributed by atoms with E-state index in [2.05, 4.69) is 0 Å². The molecular weight excluding hydrogens is 283 g/mol. The van der Waals surface area contributed by atoms with Gasteiger partial charge in [-0.15, -0.1) is 0 Å². The number of hydrogen-bond donors (Lipinski definition) is 0. The monoisotopic (exact) mass is 293 g/mol. The molecule has 0 saturated heterocycles. The van der Waals surface area contributed by atoms with Crippen LogP contribution in [-0.2, 0) is 15.1 Å². The Hall–Kier alpha value is -1.35. The van der Waals surface area contributed by atoms with Crippen LogP contribution in [0.3, 0.4) is 0 Å². The smallest absolute Gasteiger partial charge is 0.243 e. The van der Waals surface area contributed by atoms with Crippen molar-refractivity contribution in [2.24, 2.45) is 0 Å². The Balaban J connectivity index is 2.56. The summed E-state index contributed by atoms with van der Waals surface area (Å²) in [5.74, 6) is 0. The fourth-order valence-electron chi connectivity index (χ4n) is 1.93. The SMILES string of the molecule is COC([C]=O)(c1ccc(Cl)cc1)c1ccc(Cl)cc1. The van der Waals surface area contributed by atoms with E-state index in [4.69, 9.17) is 27.9 Å². The van der Waals surface area contributed by atoms with Gasteiger partial charge < -0.3 is 4.74 Å². The highest BCUT2D eigenvalue weighted by molar-refractivity contribution is 6.30. The molecule has 2 aromatic rings. The van der Waals surface area contributed by atoms with Gasteiger partial charge in [-0.25, -0.2) is 0 Å². The molecular formula is C15H11Cl2O2. The number of rotatable bonds is 4. The lowest BCUT2D eigenvalue weighted by atomic mass is 9.87. The van der Waals surface area contributed by atoms with Crippen molar-refractivity contribution in [1.29, 1.82) is 0 Å². The third kappa shape index (κ3) is 2.66. The molecule has 0 heterocycles. The second kappa shape index (κ2) is 5.74. The molecule has 0 atom stereocenters. The van der Waals surface area contributed by atoms with E-state index < -0.39 is 5.60 Å². The lowest BCUT2D eigenvalue weighted by Crippen LogP contribution is -2.31. The van der Waals surface area contributed by atoms with Gasteiger partial charge >= 0.3 is 0 Å². The number of methoxy groups -OCH3 is 1. The van der Waals surface area contributed by atoms with Crippen LogP contribution in [0.1, 0.15) is 11.1 Å². The second-order valence-corrected chi connectivity index (χ2v) is 4.87. The summed E-state index contributed by atoms with van der Waals surface area (Å²) in [5, 5.41) is 1.19. The molecule has 0 amide bonds. The first-order valence-corrected chi connectivity index (χ1v) is 6.34. The van der Waals surface area contributed by atoms with E-state index in [1.165, 1.54) is 7.11 Å². The zero-order valence-corrected chi connectivity index (χ0v) is 11.7. The molecule has 2 nitrogen and oxygen atoms in total. The number of carbonyl (C=O) groups excluding carboxylic acids is 1. The first-order valence-electron chi connectivity index (χ1n) is 5.59. The van der Waals surface area contributed by atoms with E-state index in [1.807, 2.05) is 6.29 Å². The molecule has 0 saturated carbocycles. The fraction of sp³-hybridized carbons (Fsp3) is 0.133. The van der Waals surface area contributed by atoms with Gasteiger partial charge in [0.2, 0.25) is 6.29 Å². The van der Waals surface area contributed by atoms with Crippen LogP contribution >= 0.6 is 23.2 Å². The molecule has 0 aromatic heterocycles. The summed E-state index contributed by atoms with van der Waals surface area (Å²) < 4.78 is 5.43. The van der Waals surface area contributed by atoms with Crippen LogP contribution in [0.25, 0.3) is 0 Å². The van der Waals surface area contributed by atoms with Gasteiger partial charge in [-0.2, -0.15) is 0 Å². The largest absolute Gasteiger partial charge is 0.360 e. The van der Waals surface area contributed by atoms with Crippen molar-refractivity contribution in [3.63, 3.8) is 0 Å². The lowest BCUT2D eigenvalue weighted by Gasteiger charge is -2.26. The highest BCUT2D eigenvalue weighted by Gasteiger charge is 2.35. The van der Waals surface area contributed by atoms with Gasteiger partial charge in [0.1, 0.15) is 0 Å². The summed E-state index contributed by atoms with van der Waals surface area (Å²) in [6, 6.07) is 13.8. The van der Waals surface area contributed by atoms with Gasteiger partial charge in [-0.3, -0.25) is 4.79 Å². The molecule has 0 aliphatic rings. The number of ether oxygens (including phenoxy) is 1. The molecule has 0 bridgehead atoms. The fourth-order valence-corrected chi connectivity index (χ4v) is 2.18. The molecule has 0 spiro atoms. The van der Waals surface area contributed by atoms with Crippen molar-refractivity contribution >= 4 is 29.5 Å². The van der Waals surface area contributed by atoms with E-state index >= 15 is 0 Å². The molecule has 19 heavy (non-hydrogen) atoms. The molecule has 0 N–H and O–H groups in total. The Morgan fingerprint density at radius 2 is 1.26 bits per heavy atom. The quantitative estimate of drug-likeness (QED) is 0.852. The lowest BCUT2D eigenvalue weighted by molar-refractivity contribution is 0.0803. The van der Waals surface area contributed by atoms with Crippen molar-refractivity contribution in [2.45, 2.75) is 5.60 Å². The minimum absolute atomic E-state index is 0.593. The topological polar surface area (TPSA) is 26.3 Å². The molecule has 0 unspecified atom stereocenters. The summed E-state index contributed by atoms with van der Waals surface area (Å²) >= 11 is 11.7. The zero-order valence-electron chi connectivity index (χ0n) is 10.2. The van der Waals surface area contributed by atoms with E-state index in [9.17, 15) is 4.79 Å². The van der Waals surface area contributed by atoms with Crippen LogP contribution in [-0.4, -0.2) is 13.4 Å². The van der Waals surface area contributed by atoms with Gasteiger partial charge in [0.05, 0.1) is 0 Å². The highest BCUT2D eigenvalue weighted by atomic mass is 35.5. The van der Waals surface area contributed by atoms with Crippen molar-refractivity contribution < 1.29 is 9.53 Å². The van der Waals surface area contributed by atoms with Crippen LogP contribution < -0.4 is 0 Å². The van der Waals surface area contributed by atoms with Crippen molar-refractivity contribution in [3.05, 3.63) is 69.7 Å². The Labute approximate surface area is 121 Å². The van der Waals surface area contributed by atoms with E-state index in [-0.39, 0.29) is 0 Å². The predicted molar refractivity (Wildman–Crippen MR) is 76.4 cm³/mol. The highest BCUT2D eigenvalue weighted by Crippen LogP contribution is 2.32. The minimum Gasteiger partial charge on any atom is -0.360 e. The van der Waals surface area contributed by atoms with Gasteiger partial charge in [0.25, 0.3) is 0 Å².